The Bertz CT molecular complexity index is 399. The number of aryl methyl sites for hydroxylation is 1. The number of amides is 1. The van der Waals surface area contributed by atoms with Gasteiger partial charge in [0.05, 0.1) is 6.20 Å². The third kappa shape index (κ3) is 2.66. The molecule has 1 saturated heterocycles. The molecule has 1 amide bonds. The van der Waals surface area contributed by atoms with Crippen LogP contribution in [0.15, 0.2) is 6.20 Å². The standard InChI is InChI=1S/C12H20N4O/c1-9-13-7-11(14-9)12(17)16-6-4-5-10(8-16)15(2)3/h7,10H,4-6,8H2,1-3H3,(H,13,14). The van der Waals surface area contributed by atoms with Crippen LogP contribution in [0, 0.1) is 6.92 Å². The number of likely N-dealkylation sites (tertiary alicyclic amines) is 1. The maximum atomic E-state index is 12.2. The summed E-state index contributed by atoms with van der Waals surface area (Å²) in [5, 5.41) is 0. The van der Waals surface area contributed by atoms with Gasteiger partial charge in [-0.1, -0.05) is 0 Å². The number of hydrogen-bond acceptors (Lipinski definition) is 3. The second-order valence-electron chi connectivity index (χ2n) is 4.89. The third-order valence-electron chi connectivity index (χ3n) is 3.35. The van der Waals surface area contributed by atoms with Crippen LogP contribution in [0.2, 0.25) is 0 Å². The number of carbonyl (C=O) groups is 1. The van der Waals surface area contributed by atoms with Gasteiger partial charge in [0.15, 0.2) is 0 Å². The van der Waals surface area contributed by atoms with Gasteiger partial charge in [-0.2, -0.15) is 0 Å². The molecule has 1 aromatic rings. The molecule has 5 nitrogen and oxygen atoms in total. The van der Waals surface area contributed by atoms with E-state index in [0.29, 0.717) is 11.7 Å². The Morgan fingerprint density at radius 1 is 1.59 bits per heavy atom. The van der Waals surface area contributed by atoms with Crippen molar-refractivity contribution in [3.05, 3.63) is 17.7 Å². The summed E-state index contributed by atoms with van der Waals surface area (Å²) < 4.78 is 0. The topological polar surface area (TPSA) is 52.2 Å². The van der Waals surface area contributed by atoms with Crippen molar-refractivity contribution >= 4 is 5.91 Å². The SMILES string of the molecule is Cc1ncc(C(=O)N2CCCC(N(C)C)C2)[nH]1. The Kier molecular flexibility index (Phi) is 3.47. The molecule has 1 aliphatic rings. The molecule has 0 aromatic carbocycles. The molecular weight excluding hydrogens is 216 g/mol. The highest BCUT2D eigenvalue weighted by Crippen LogP contribution is 2.15. The Morgan fingerprint density at radius 3 is 2.94 bits per heavy atom. The van der Waals surface area contributed by atoms with Gasteiger partial charge in [0.25, 0.3) is 5.91 Å². The summed E-state index contributed by atoms with van der Waals surface area (Å²) in [5.74, 6) is 0.853. The van der Waals surface area contributed by atoms with Crippen molar-refractivity contribution in [1.82, 2.24) is 19.8 Å². The van der Waals surface area contributed by atoms with E-state index in [1.54, 1.807) is 6.20 Å². The Morgan fingerprint density at radius 2 is 2.35 bits per heavy atom. The molecule has 1 unspecified atom stereocenters. The molecule has 1 aromatic heterocycles. The third-order valence-corrected chi connectivity index (χ3v) is 3.35. The molecule has 2 rings (SSSR count). The number of aromatic amines is 1. The van der Waals surface area contributed by atoms with E-state index in [-0.39, 0.29) is 5.91 Å². The lowest BCUT2D eigenvalue weighted by molar-refractivity contribution is 0.0630. The Hall–Kier alpha value is -1.36. The maximum Gasteiger partial charge on any atom is 0.271 e. The van der Waals surface area contributed by atoms with Crippen LogP contribution in [-0.4, -0.2) is 58.9 Å². The van der Waals surface area contributed by atoms with E-state index >= 15 is 0 Å². The number of H-pyrrole nitrogens is 1. The van der Waals surface area contributed by atoms with E-state index in [4.69, 9.17) is 0 Å². The van der Waals surface area contributed by atoms with Gasteiger partial charge >= 0.3 is 0 Å². The molecule has 5 heteroatoms. The molecule has 1 aliphatic heterocycles. The van der Waals surface area contributed by atoms with Gasteiger partial charge in [-0.25, -0.2) is 4.98 Å². The quantitative estimate of drug-likeness (QED) is 0.829. The summed E-state index contributed by atoms with van der Waals surface area (Å²) in [5.41, 5.74) is 0.599. The van der Waals surface area contributed by atoms with Gasteiger partial charge in [-0.3, -0.25) is 4.79 Å². The van der Waals surface area contributed by atoms with E-state index in [2.05, 4.69) is 29.0 Å². The van der Waals surface area contributed by atoms with E-state index in [0.717, 1.165) is 25.3 Å². The van der Waals surface area contributed by atoms with Crippen molar-refractivity contribution in [2.75, 3.05) is 27.2 Å². The second-order valence-corrected chi connectivity index (χ2v) is 4.89. The lowest BCUT2D eigenvalue weighted by Crippen LogP contribution is -2.47. The largest absolute Gasteiger partial charge is 0.338 e. The summed E-state index contributed by atoms with van der Waals surface area (Å²) in [6.45, 7) is 3.51. The van der Waals surface area contributed by atoms with Crippen LogP contribution in [-0.2, 0) is 0 Å². The molecular formula is C12H20N4O. The molecule has 1 N–H and O–H groups in total. The minimum atomic E-state index is 0.0668. The number of aromatic nitrogens is 2. The van der Waals surface area contributed by atoms with Crippen LogP contribution < -0.4 is 0 Å². The summed E-state index contributed by atoms with van der Waals surface area (Å²) in [7, 11) is 4.14. The van der Waals surface area contributed by atoms with Crippen molar-refractivity contribution in [3.63, 3.8) is 0 Å². The monoisotopic (exact) mass is 236 g/mol. The molecule has 1 fully saturated rings. The first-order chi connectivity index (χ1) is 8.08. The maximum absolute atomic E-state index is 12.2. The molecule has 94 valence electrons. The number of nitrogens with zero attached hydrogens (tertiary/aromatic N) is 3. The van der Waals surface area contributed by atoms with Crippen LogP contribution in [0.25, 0.3) is 0 Å². The fourth-order valence-corrected chi connectivity index (χ4v) is 2.26. The molecule has 0 aliphatic carbocycles. The Balaban J connectivity index is 2.04. The summed E-state index contributed by atoms with van der Waals surface area (Å²) in [4.78, 5) is 23.4. The Labute approximate surface area is 102 Å². The van der Waals surface area contributed by atoms with Crippen LogP contribution in [0.1, 0.15) is 29.2 Å². The summed E-state index contributed by atoms with van der Waals surface area (Å²) in [6, 6.07) is 0.469. The first-order valence-corrected chi connectivity index (χ1v) is 6.05. The average molecular weight is 236 g/mol. The van der Waals surface area contributed by atoms with E-state index in [1.165, 1.54) is 6.42 Å². The average Bonchev–Trinajstić information content (AvgIpc) is 2.75. The number of likely N-dealkylation sites (N-methyl/N-ethyl adjacent to an activating group) is 1. The number of piperidine rings is 1. The van der Waals surface area contributed by atoms with E-state index < -0.39 is 0 Å². The smallest absolute Gasteiger partial charge is 0.271 e. The predicted octanol–water partition coefficient (Wildman–Crippen LogP) is 0.884. The van der Waals surface area contributed by atoms with E-state index in [1.807, 2.05) is 11.8 Å². The highest BCUT2D eigenvalue weighted by atomic mass is 16.2. The minimum absolute atomic E-state index is 0.0668. The highest BCUT2D eigenvalue weighted by molar-refractivity contribution is 5.92. The summed E-state index contributed by atoms with van der Waals surface area (Å²) >= 11 is 0. The molecule has 0 saturated carbocycles. The lowest BCUT2D eigenvalue weighted by Gasteiger charge is -2.35. The van der Waals surface area contributed by atoms with Gasteiger partial charge in [-0.05, 0) is 33.9 Å². The van der Waals surface area contributed by atoms with Crippen LogP contribution in [0.4, 0.5) is 0 Å². The van der Waals surface area contributed by atoms with Crippen LogP contribution >= 0.6 is 0 Å². The van der Waals surface area contributed by atoms with Crippen molar-refractivity contribution in [2.24, 2.45) is 0 Å². The fraction of sp³-hybridized carbons (Fsp3) is 0.667. The second kappa shape index (κ2) is 4.87. The van der Waals surface area contributed by atoms with Crippen molar-refractivity contribution in [3.8, 4) is 0 Å². The molecule has 17 heavy (non-hydrogen) atoms. The zero-order valence-corrected chi connectivity index (χ0v) is 10.7. The molecule has 0 bridgehead atoms. The van der Waals surface area contributed by atoms with Crippen molar-refractivity contribution in [2.45, 2.75) is 25.8 Å². The van der Waals surface area contributed by atoms with E-state index in [9.17, 15) is 4.79 Å². The molecule has 0 radical (unpaired) electrons. The number of rotatable bonds is 2. The predicted molar refractivity (Wildman–Crippen MR) is 65.9 cm³/mol. The lowest BCUT2D eigenvalue weighted by atomic mass is 10.0. The minimum Gasteiger partial charge on any atom is -0.338 e. The van der Waals surface area contributed by atoms with Crippen LogP contribution in [0.5, 0.6) is 0 Å². The summed E-state index contributed by atoms with van der Waals surface area (Å²) in [6.07, 6.45) is 3.86. The normalized spacial score (nSPS) is 20.9. The first kappa shape index (κ1) is 12.1. The highest BCUT2D eigenvalue weighted by Gasteiger charge is 2.26. The fourth-order valence-electron chi connectivity index (χ4n) is 2.26. The number of imidazole rings is 1. The number of hydrogen-bond donors (Lipinski definition) is 1. The molecule has 2 heterocycles. The zero-order chi connectivity index (χ0) is 12.4. The van der Waals surface area contributed by atoms with Crippen molar-refractivity contribution < 1.29 is 4.79 Å². The first-order valence-electron chi connectivity index (χ1n) is 6.05. The van der Waals surface area contributed by atoms with Crippen molar-refractivity contribution in [1.29, 1.82) is 0 Å². The van der Waals surface area contributed by atoms with Gasteiger partial charge in [0.2, 0.25) is 0 Å². The van der Waals surface area contributed by atoms with Crippen LogP contribution in [0.3, 0.4) is 0 Å². The molecule has 0 spiro atoms. The number of carbonyl (C=O) groups excluding carboxylic acids is 1. The van der Waals surface area contributed by atoms with Gasteiger partial charge in [0.1, 0.15) is 11.5 Å². The van der Waals surface area contributed by atoms with Gasteiger partial charge < -0.3 is 14.8 Å². The number of nitrogens with one attached hydrogen (secondary N) is 1. The zero-order valence-electron chi connectivity index (χ0n) is 10.7. The van der Waals surface area contributed by atoms with Gasteiger partial charge in [0, 0.05) is 19.1 Å². The molecule has 1 atom stereocenters. The van der Waals surface area contributed by atoms with Gasteiger partial charge in [-0.15, -0.1) is 0 Å².